The highest BCUT2D eigenvalue weighted by Gasteiger charge is 2.16. The molecule has 0 aliphatic heterocycles. The van der Waals surface area contributed by atoms with E-state index in [9.17, 15) is 14.5 Å². The van der Waals surface area contributed by atoms with Crippen molar-refractivity contribution in [2.45, 2.75) is 0 Å². The summed E-state index contributed by atoms with van der Waals surface area (Å²) in [4.78, 5) is 9.82. The van der Waals surface area contributed by atoms with Crippen LogP contribution >= 0.6 is 15.9 Å². The van der Waals surface area contributed by atoms with Gasteiger partial charge in [-0.1, -0.05) is 28.1 Å². The predicted octanol–water partition coefficient (Wildman–Crippen LogP) is 2.72. The standard InChI is InChI=1S/C9H8BrFN2O2/c10-3-1-2-6-4-7(11)9(12)8(5-6)13(14)15/h1-2,4-5H,3,12H2. The largest absolute Gasteiger partial charge is 0.391 e. The van der Waals surface area contributed by atoms with Crippen LogP contribution in [-0.2, 0) is 0 Å². The predicted molar refractivity (Wildman–Crippen MR) is 60.3 cm³/mol. The summed E-state index contributed by atoms with van der Waals surface area (Å²) < 4.78 is 13.2. The van der Waals surface area contributed by atoms with E-state index in [1.165, 1.54) is 6.07 Å². The molecule has 0 aromatic heterocycles. The molecule has 1 aromatic carbocycles. The van der Waals surface area contributed by atoms with E-state index >= 15 is 0 Å². The topological polar surface area (TPSA) is 69.2 Å². The number of nitro benzene ring substituents is 1. The second kappa shape index (κ2) is 4.88. The van der Waals surface area contributed by atoms with E-state index in [0.29, 0.717) is 10.9 Å². The van der Waals surface area contributed by atoms with Crippen molar-refractivity contribution < 1.29 is 9.31 Å². The van der Waals surface area contributed by atoms with Crippen LogP contribution in [0, 0.1) is 15.9 Å². The number of benzene rings is 1. The van der Waals surface area contributed by atoms with Crippen molar-refractivity contribution in [1.82, 2.24) is 0 Å². The number of halogens is 2. The van der Waals surface area contributed by atoms with Crippen LogP contribution in [0.3, 0.4) is 0 Å². The molecule has 0 heterocycles. The second-order valence-electron chi connectivity index (χ2n) is 2.75. The third kappa shape index (κ3) is 2.76. The van der Waals surface area contributed by atoms with Crippen molar-refractivity contribution in [2.75, 3.05) is 11.1 Å². The maximum Gasteiger partial charge on any atom is 0.295 e. The summed E-state index contributed by atoms with van der Waals surface area (Å²) in [7, 11) is 0. The van der Waals surface area contributed by atoms with E-state index in [2.05, 4.69) is 15.9 Å². The van der Waals surface area contributed by atoms with Gasteiger partial charge in [-0.3, -0.25) is 10.1 Å². The average molecular weight is 275 g/mol. The van der Waals surface area contributed by atoms with Crippen LogP contribution in [0.25, 0.3) is 6.08 Å². The third-order valence-corrected chi connectivity index (χ3v) is 2.10. The molecule has 0 unspecified atom stereocenters. The Bertz CT molecular complexity index is 421. The summed E-state index contributed by atoms with van der Waals surface area (Å²) >= 11 is 3.15. The lowest BCUT2D eigenvalue weighted by Crippen LogP contribution is -1.99. The zero-order chi connectivity index (χ0) is 11.4. The molecular formula is C9H8BrFN2O2. The highest BCUT2D eigenvalue weighted by atomic mass is 79.9. The lowest BCUT2D eigenvalue weighted by atomic mass is 10.1. The van der Waals surface area contributed by atoms with E-state index in [4.69, 9.17) is 5.73 Å². The van der Waals surface area contributed by atoms with Gasteiger partial charge in [0.25, 0.3) is 5.69 Å². The van der Waals surface area contributed by atoms with Crippen LogP contribution in [0.5, 0.6) is 0 Å². The first-order valence-electron chi connectivity index (χ1n) is 4.02. The van der Waals surface area contributed by atoms with Crippen molar-refractivity contribution in [3.63, 3.8) is 0 Å². The molecule has 0 amide bonds. The molecule has 0 fully saturated rings. The normalized spacial score (nSPS) is 10.8. The van der Waals surface area contributed by atoms with Crippen LogP contribution in [-0.4, -0.2) is 10.3 Å². The lowest BCUT2D eigenvalue weighted by molar-refractivity contribution is -0.384. The molecule has 80 valence electrons. The minimum absolute atomic E-state index is 0.410. The van der Waals surface area contributed by atoms with Gasteiger partial charge in [-0.25, -0.2) is 4.39 Å². The molecule has 0 atom stereocenters. The minimum Gasteiger partial charge on any atom is -0.391 e. The van der Waals surface area contributed by atoms with Gasteiger partial charge in [-0.2, -0.15) is 0 Å². The molecule has 15 heavy (non-hydrogen) atoms. The fraction of sp³-hybridized carbons (Fsp3) is 0.111. The Morgan fingerprint density at radius 3 is 2.80 bits per heavy atom. The molecule has 0 aliphatic carbocycles. The van der Waals surface area contributed by atoms with Crippen molar-refractivity contribution in [2.24, 2.45) is 0 Å². The fourth-order valence-electron chi connectivity index (χ4n) is 1.05. The van der Waals surface area contributed by atoms with Crippen molar-refractivity contribution in [3.8, 4) is 0 Å². The maximum absolute atomic E-state index is 13.2. The first-order chi connectivity index (χ1) is 7.06. The van der Waals surface area contributed by atoms with Gasteiger partial charge in [0.15, 0.2) is 5.82 Å². The molecular weight excluding hydrogens is 267 g/mol. The van der Waals surface area contributed by atoms with Crippen molar-refractivity contribution >= 4 is 33.4 Å². The Balaban J connectivity index is 3.23. The van der Waals surface area contributed by atoms with Gasteiger partial charge < -0.3 is 5.73 Å². The number of alkyl halides is 1. The van der Waals surface area contributed by atoms with Gasteiger partial charge in [0, 0.05) is 11.4 Å². The summed E-state index contributed by atoms with van der Waals surface area (Å²) in [5.41, 5.74) is 4.79. The average Bonchev–Trinajstić information content (AvgIpc) is 2.19. The molecule has 0 radical (unpaired) electrons. The SMILES string of the molecule is Nc1c(F)cc(C=CCBr)cc1[N+](=O)[O-]. The Hall–Kier alpha value is -1.43. The molecule has 0 aliphatic rings. The fourth-order valence-corrected chi connectivity index (χ4v) is 1.24. The van der Waals surface area contributed by atoms with Crippen molar-refractivity contribution in [1.29, 1.82) is 0 Å². The molecule has 1 aromatic rings. The molecule has 2 N–H and O–H groups in total. The van der Waals surface area contributed by atoms with E-state index in [1.807, 2.05) is 0 Å². The number of rotatable bonds is 3. The van der Waals surface area contributed by atoms with Crippen LogP contribution in [0.1, 0.15) is 5.56 Å². The van der Waals surface area contributed by atoms with Crippen molar-refractivity contribution in [3.05, 3.63) is 39.7 Å². The van der Waals surface area contributed by atoms with Gasteiger partial charge in [0.2, 0.25) is 0 Å². The summed E-state index contributed by atoms with van der Waals surface area (Å²) in [6.07, 6.45) is 3.28. The molecule has 0 saturated carbocycles. The van der Waals surface area contributed by atoms with Gasteiger partial charge in [-0.15, -0.1) is 0 Å². The summed E-state index contributed by atoms with van der Waals surface area (Å²) in [6.45, 7) is 0. The first kappa shape index (κ1) is 11.6. The number of nitro groups is 1. The van der Waals surface area contributed by atoms with Gasteiger partial charge in [0.1, 0.15) is 5.69 Å². The minimum atomic E-state index is -0.779. The van der Waals surface area contributed by atoms with E-state index < -0.39 is 22.1 Å². The maximum atomic E-state index is 13.2. The molecule has 4 nitrogen and oxygen atoms in total. The number of nitrogen functional groups attached to an aromatic ring is 1. The molecule has 0 bridgehead atoms. The van der Waals surface area contributed by atoms with Gasteiger partial charge >= 0.3 is 0 Å². The highest BCUT2D eigenvalue weighted by molar-refractivity contribution is 9.09. The number of nitrogens with two attached hydrogens (primary N) is 1. The first-order valence-corrected chi connectivity index (χ1v) is 5.14. The highest BCUT2D eigenvalue weighted by Crippen LogP contribution is 2.26. The zero-order valence-corrected chi connectivity index (χ0v) is 9.20. The summed E-state index contributed by atoms with van der Waals surface area (Å²) in [5, 5.41) is 11.1. The molecule has 0 saturated heterocycles. The quantitative estimate of drug-likeness (QED) is 0.399. The second-order valence-corrected chi connectivity index (χ2v) is 3.40. The van der Waals surface area contributed by atoms with E-state index in [1.54, 1.807) is 12.2 Å². The van der Waals surface area contributed by atoms with Crippen LogP contribution in [0.15, 0.2) is 18.2 Å². The number of allylic oxidation sites excluding steroid dienone is 1. The molecule has 6 heteroatoms. The lowest BCUT2D eigenvalue weighted by Gasteiger charge is -2.00. The number of hydrogen-bond acceptors (Lipinski definition) is 3. The Morgan fingerprint density at radius 1 is 1.60 bits per heavy atom. The number of anilines is 1. The molecule has 0 spiro atoms. The number of nitrogens with zero attached hydrogens (tertiary/aromatic N) is 1. The Labute approximate surface area is 93.9 Å². The van der Waals surface area contributed by atoms with Gasteiger partial charge in [-0.05, 0) is 11.6 Å². The molecule has 1 rings (SSSR count). The summed E-state index contributed by atoms with van der Waals surface area (Å²) in [6, 6.07) is 2.39. The third-order valence-electron chi connectivity index (χ3n) is 1.73. The monoisotopic (exact) mass is 274 g/mol. The summed E-state index contributed by atoms with van der Waals surface area (Å²) in [5.74, 6) is -0.779. The number of hydrogen-bond donors (Lipinski definition) is 1. The van der Waals surface area contributed by atoms with E-state index in [0.717, 1.165) is 6.07 Å². The van der Waals surface area contributed by atoms with Crippen LogP contribution < -0.4 is 5.73 Å². The van der Waals surface area contributed by atoms with Crippen LogP contribution in [0.2, 0.25) is 0 Å². The van der Waals surface area contributed by atoms with Crippen LogP contribution in [0.4, 0.5) is 15.8 Å². The van der Waals surface area contributed by atoms with E-state index in [-0.39, 0.29) is 0 Å². The zero-order valence-electron chi connectivity index (χ0n) is 7.61. The van der Waals surface area contributed by atoms with Gasteiger partial charge in [0.05, 0.1) is 4.92 Å². The Kier molecular flexibility index (Phi) is 3.79. The Morgan fingerprint density at radius 2 is 2.27 bits per heavy atom. The smallest absolute Gasteiger partial charge is 0.295 e.